The van der Waals surface area contributed by atoms with E-state index in [2.05, 4.69) is 0 Å². The molecule has 1 atom stereocenters. The molecule has 0 bridgehead atoms. The lowest BCUT2D eigenvalue weighted by Crippen LogP contribution is -2.38. The van der Waals surface area contributed by atoms with Crippen LogP contribution < -0.4 is 4.90 Å². The number of halogens is 3. The first-order valence-electron chi connectivity index (χ1n) is 5.72. The Balaban J connectivity index is 2.89. The number of benzene rings is 1. The lowest BCUT2D eigenvalue weighted by atomic mass is 9.98. The quantitative estimate of drug-likeness (QED) is 0.810. The van der Waals surface area contributed by atoms with Gasteiger partial charge in [0.05, 0.1) is 0 Å². The maximum Gasteiger partial charge on any atom is 0.471 e. The molecular formula is C13H16F3NO. The topological polar surface area (TPSA) is 20.3 Å². The third kappa shape index (κ3) is 3.24. The first kappa shape index (κ1) is 14.5. The number of carbonyl (C=O) groups excluding carboxylic acids is 1. The van der Waals surface area contributed by atoms with E-state index in [1.807, 2.05) is 13.8 Å². The Morgan fingerprint density at radius 2 is 1.78 bits per heavy atom. The second-order valence-corrected chi connectivity index (χ2v) is 4.26. The van der Waals surface area contributed by atoms with Crippen LogP contribution in [-0.2, 0) is 4.79 Å². The molecular weight excluding hydrogens is 243 g/mol. The van der Waals surface area contributed by atoms with Gasteiger partial charge in [0.25, 0.3) is 0 Å². The smallest absolute Gasteiger partial charge is 0.308 e. The highest BCUT2D eigenvalue weighted by molar-refractivity contribution is 5.96. The SMILES string of the molecule is CCC(C)c1ccc(N(C)C(=O)C(F)(F)F)cc1. The van der Waals surface area contributed by atoms with E-state index in [0.29, 0.717) is 10.8 Å². The molecule has 0 spiro atoms. The second kappa shape index (κ2) is 5.42. The molecule has 100 valence electrons. The molecule has 0 fully saturated rings. The van der Waals surface area contributed by atoms with Crippen LogP contribution in [0, 0.1) is 0 Å². The third-order valence-corrected chi connectivity index (χ3v) is 3.01. The number of hydrogen-bond acceptors (Lipinski definition) is 1. The van der Waals surface area contributed by atoms with Gasteiger partial charge in [0, 0.05) is 12.7 Å². The van der Waals surface area contributed by atoms with Crippen molar-refractivity contribution in [1.82, 2.24) is 0 Å². The van der Waals surface area contributed by atoms with Crippen LogP contribution >= 0.6 is 0 Å². The van der Waals surface area contributed by atoms with Gasteiger partial charge in [-0.3, -0.25) is 4.79 Å². The summed E-state index contributed by atoms with van der Waals surface area (Å²) in [6.45, 7) is 4.08. The molecule has 1 aromatic rings. The van der Waals surface area contributed by atoms with E-state index in [4.69, 9.17) is 0 Å². The Hall–Kier alpha value is -1.52. The maximum absolute atomic E-state index is 12.3. The lowest BCUT2D eigenvalue weighted by molar-refractivity contribution is -0.170. The van der Waals surface area contributed by atoms with Gasteiger partial charge in [-0.2, -0.15) is 13.2 Å². The average Bonchev–Trinajstić information content (AvgIpc) is 2.35. The van der Waals surface area contributed by atoms with Gasteiger partial charge in [-0.1, -0.05) is 26.0 Å². The Morgan fingerprint density at radius 1 is 1.28 bits per heavy atom. The number of anilines is 1. The zero-order chi connectivity index (χ0) is 13.9. The first-order valence-corrected chi connectivity index (χ1v) is 5.72. The molecule has 0 aliphatic rings. The van der Waals surface area contributed by atoms with Crippen molar-refractivity contribution in [2.24, 2.45) is 0 Å². The Morgan fingerprint density at radius 3 is 2.17 bits per heavy atom. The fraction of sp³-hybridized carbons (Fsp3) is 0.462. The fourth-order valence-electron chi connectivity index (χ4n) is 1.57. The molecule has 0 saturated carbocycles. The molecule has 0 N–H and O–H groups in total. The van der Waals surface area contributed by atoms with E-state index in [9.17, 15) is 18.0 Å². The molecule has 1 amide bonds. The molecule has 1 unspecified atom stereocenters. The predicted molar refractivity (Wildman–Crippen MR) is 64.6 cm³/mol. The molecule has 0 radical (unpaired) electrons. The van der Waals surface area contributed by atoms with E-state index in [-0.39, 0.29) is 5.69 Å². The van der Waals surface area contributed by atoms with Gasteiger partial charge in [-0.25, -0.2) is 0 Å². The lowest BCUT2D eigenvalue weighted by Gasteiger charge is -2.19. The zero-order valence-electron chi connectivity index (χ0n) is 10.6. The summed E-state index contributed by atoms with van der Waals surface area (Å²) in [5, 5.41) is 0. The largest absolute Gasteiger partial charge is 0.471 e. The van der Waals surface area contributed by atoms with Gasteiger partial charge < -0.3 is 4.90 Å². The van der Waals surface area contributed by atoms with Crippen LogP contribution in [0.15, 0.2) is 24.3 Å². The van der Waals surface area contributed by atoms with Crippen LogP contribution in [0.4, 0.5) is 18.9 Å². The highest BCUT2D eigenvalue weighted by atomic mass is 19.4. The molecule has 5 heteroatoms. The van der Waals surface area contributed by atoms with Crippen molar-refractivity contribution in [1.29, 1.82) is 0 Å². The molecule has 1 rings (SSSR count). The third-order valence-electron chi connectivity index (χ3n) is 3.01. The highest BCUT2D eigenvalue weighted by Gasteiger charge is 2.41. The van der Waals surface area contributed by atoms with Crippen molar-refractivity contribution < 1.29 is 18.0 Å². The van der Waals surface area contributed by atoms with Gasteiger partial charge in [0.1, 0.15) is 0 Å². The van der Waals surface area contributed by atoms with E-state index in [0.717, 1.165) is 19.0 Å². The highest BCUT2D eigenvalue weighted by Crippen LogP contribution is 2.25. The van der Waals surface area contributed by atoms with Crippen molar-refractivity contribution in [3.8, 4) is 0 Å². The van der Waals surface area contributed by atoms with E-state index in [1.165, 1.54) is 12.1 Å². The molecule has 0 aliphatic carbocycles. The molecule has 0 saturated heterocycles. The van der Waals surface area contributed by atoms with E-state index >= 15 is 0 Å². The van der Waals surface area contributed by atoms with Crippen LogP contribution in [0.5, 0.6) is 0 Å². The average molecular weight is 259 g/mol. The van der Waals surface area contributed by atoms with Gasteiger partial charge in [0.2, 0.25) is 0 Å². The van der Waals surface area contributed by atoms with Crippen molar-refractivity contribution >= 4 is 11.6 Å². The van der Waals surface area contributed by atoms with Gasteiger partial charge in [0.15, 0.2) is 0 Å². The summed E-state index contributed by atoms with van der Waals surface area (Å²) in [5.41, 5.74) is 1.29. The summed E-state index contributed by atoms with van der Waals surface area (Å²) in [6, 6.07) is 6.57. The van der Waals surface area contributed by atoms with Crippen molar-refractivity contribution in [2.45, 2.75) is 32.4 Å². The molecule has 18 heavy (non-hydrogen) atoms. The van der Waals surface area contributed by atoms with Crippen LogP contribution in [0.25, 0.3) is 0 Å². The second-order valence-electron chi connectivity index (χ2n) is 4.26. The number of amides is 1. The minimum Gasteiger partial charge on any atom is -0.308 e. The molecule has 0 heterocycles. The summed E-state index contributed by atoms with van der Waals surface area (Å²) < 4.78 is 36.8. The fourth-order valence-corrected chi connectivity index (χ4v) is 1.57. The Kier molecular flexibility index (Phi) is 4.38. The van der Waals surface area contributed by atoms with Crippen molar-refractivity contribution in [3.63, 3.8) is 0 Å². The minimum absolute atomic E-state index is 0.240. The zero-order valence-corrected chi connectivity index (χ0v) is 10.6. The normalized spacial score (nSPS) is 13.2. The van der Waals surface area contributed by atoms with Crippen LogP contribution in [0.1, 0.15) is 31.7 Å². The molecule has 2 nitrogen and oxygen atoms in total. The van der Waals surface area contributed by atoms with Crippen LogP contribution in [0.2, 0.25) is 0 Å². The monoisotopic (exact) mass is 259 g/mol. The Labute approximate surface area is 104 Å². The van der Waals surface area contributed by atoms with Gasteiger partial charge >= 0.3 is 12.1 Å². The standard InChI is InChI=1S/C13H16F3NO/c1-4-9(2)10-5-7-11(8-6-10)17(3)12(18)13(14,15)16/h5-9H,4H2,1-3H3. The summed E-state index contributed by atoms with van der Waals surface area (Å²) in [4.78, 5) is 11.7. The summed E-state index contributed by atoms with van der Waals surface area (Å²) in [7, 11) is 1.12. The molecule has 0 aliphatic heterocycles. The summed E-state index contributed by atoms with van der Waals surface area (Å²) >= 11 is 0. The first-order chi connectivity index (χ1) is 8.27. The maximum atomic E-state index is 12.3. The van der Waals surface area contributed by atoms with Crippen LogP contribution in [0.3, 0.4) is 0 Å². The summed E-state index contributed by atoms with van der Waals surface area (Å²) in [6.07, 6.45) is -3.89. The number of nitrogens with zero attached hydrogens (tertiary/aromatic N) is 1. The molecule has 1 aromatic carbocycles. The number of rotatable bonds is 3. The summed E-state index contributed by atoms with van der Waals surface area (Å²) in [5.74, 6) is -1.51. The number of alkyl halides is 3. The van der Waals surface area contributed by atoms with E-state index < -0.39 is 12.1 Å². The molecule has 0 aromatic heterocycles. The number of carbonyl (C=O) groups is 1. The minimum atomic E-state index is -4.84. The predicted octanol–water partition coefficient (Wildman–Crippen LogP) is 3.73. The van der Waals surface area contributed by atoms with Crippen LogP contribution in [-0.4, -0.2) is 19.1 Å². The van der Waals surface area contributed by atoms with Crippen molar-refractivity contribution in [3.05, 3.63) is 29.8 Å². The number of hydrogen-bond donors (Lipinski definition) is 0. The van der Waals surface area contributed by atoms with Gasteiger partial charge in [-0.05, 0) is 30.0 Å². The van der Waals surface area contributed by atoms with E-state index in [1.54, 1.807) is 12.1 Å². The van der Waals surface area contributed by atoms with Gasteiger partial charge in [-0.15, -0.1) is 0 Å². The van der Waals surface area contributed by atoms with Crippen molar-refractivity contribution in [2.75, 3.05) is 11.9 Å². The Bertz CT molecular complexity index is 411.